The first kappa shape index (κ1) is 8.74. The molecule has 0 unspecified atom stereocenters. The normalized spacial score (nSPS) is 10.9. The zero-order chi connectivity index (χ0) is 6.95. The van der Waals surface area contributed by atoms with E-state index in [2.05, 4.69) is 26.0 Å². The summed E-state index contributed by atoms with van der Waals surface area (Å²) < 4.78 is 0. The summed E-state index contributed by atoms with van der Waals surface area (Å²) in [6.07, 6.45) is 11.2. The van der Waals surface area contributed by atoms with E-state index < -0.39 is 0 Å². The molecule has 0 heteroatoms. The standard InChI is InChI=1S/C9H18/c1-3-5-7-9-8-6-4-2/h3,5H,4,6-9H2,1-2H3/b5-3+. The van der Waals surface area contributed by atoms with E-state index in [4.69, 9.17) is 0 Å². The Morgan fingerprint density at radius 3 is 2.44 bits per heavy atom. The first-order chi connectivity index (χ1) is 4.41. The van der Waals surface area contributed by atoms with Crippen molar-refractivity contribution < 1.29 is 0 Å². The molecule has 0 aliphatic carbocycles. The lowest BCUT2D eigenvalue weighted by Crippen LogP contribution is -1.72. The molecule has 0 atom stereocenters. The number of hydrogen-bond acceptors (Lipinski definition) is 0. The Bertz CT molecular complexity index is 62.4. The molecule has 0 saturated heterocycles. The molecule has 0 fully saturated rings. The smallest absolute Gasteiger partial charge is 0.0351 e. The van der Waals surface area contributed by atoms with Crippen LogP contribution in [0.4, 0.5) is 0 Å². The lowest BCUT2D eigenvalue weighted by atomic mass is 10.1. The highest BCUT2D eigenvalue weighted by Crippen LogP contribution is 2.02. The molecule has 0 rings (SSSR count). The van der Waals surface area contributed by atoms with Gasteiger partial charge in [0.05, 0.1) is 0 Å². The fraction of sp³-hybridized carbons (Fsp3) is 0.778. The molecule has 0 aromatic heterocycles. The van der Waals surface area contributed by atoms with Crippen LogP contribution >= 0.6 is 0 Å². The van der Waals surface area contributed by atoms with E-state index in [1.54, 1.807) is 0 Å². The number of rotatable bonds is 5. The Hall–Kier alpha value is -0.260. The minimum absolute atomic E-state index is 1.27. The third-order valence-corrected chi connectivity index (χ3v) is 1.46. The maximum Gasteiger partial charge on any atom is -0.0351 e. The zero-order valence-electron chi connectivity index (χ0n) is 6.69. The van der Waals surface area contributed by atoms with Gasteiger partial charge in [0, 0.05) is 0 Å². The molecule has 0 spiro atoms. The highest BCUT2D eigenvalue weighted by molar-refractivity contribution is 4.75. The fourth-order valence-corrected chi connectivity index (χ4v) is 0.856. The van der Waals surface area contributed by atoms with Gasteiger partial charge in [-0.2, -0.15) is 0 Å². The largest absolute Gasteiger partial charge is 0.0917 e. The van der Waals surface area contributed by atoms with Crippen LogP contribution in [-0.2, 0) is 0 Å². The van der Waals surface area contributed by atoms with Crippen molar-refractivity contribution in [2.24, 2.45) is 0 Å². The van der Waals surface area contributed by atoms with Crippen LogP contribution in [-0.4, -0.2) is 0 Å². The van der Waals surface area contributed by atoms with Gasteiger partial charge in [0.2, 0.25) is 0 Å². The van der Waals surface area contributed by atoms with E-state index in [1.807, 2.05) is 0 Å². The monoisotopic (exact) mass is 126 g/mol. The minimum atomic E-state index is 1.27. The van der Waals surface area contributed by atoms with E-state index in [1.165, 1.54) is 32.1 Å². The SMILES string of the molecule is C/C=C/CCCCCC. The quantitative estimate of drug-likeness (QED) is 0.390. The summed E-state index contributed by atoms with van der Waals surface area (Å²) in [6.45, 7) is 4.33. The Balaban J connectivity index is 2.75. The summed E-state index contributed by atoms with van der Waals surface area (Å²) >= 11 is 0. The van der Waals surface area contributed by atoms with Crippen LogP contribution in [0.5, 0.6) is 0 Å². The molecule has 0 nitrogen and oxygen atoms in total. The molecular weight excluding hydrogens is 108 g/mol. The molecule has 9 heavy (non-hydrogen) atoms. The van der Waals surface area contributed by atoms with E-state index in [0.717, 1.165) is 0 Å². The molecule has 0 aromatic rings. The lowest BCUT2D eigenvalue weighted by Gasteiger charge is -1.92. The second-order valence-corrected chi connectivity index (χ2v) is 2.42. The van der Waals surface area contributed by atoms with Gasteiger partial charge in [0.15, 0.2) is 0 Å². The topological polar surface area (TPSA) is 0 Å². The molecule has 0 radical (unpaired) electrons. The van der Waals surface area contributed by atoms with Crippen LogP contribution in [0.1, 0.15) is 46.0 Å². The summed E-state index contributed by atoms with van der Waals surface area (Å²) in [6, 6.07) is 0. The van der Waals surface area contributed by atoms with E-state index in [9.17, 15) is 0 Å². The zero-order valence-corrected chi connectivity index (χ0v) is 6.69. The Morgan fingerprint density at radius 2 is 1.89 bits per heavy atom. The summed E-state index contributed by atoms with van der Waals surface area (Å²) in [4.78, 5) is 0. The molecular formula is C9H18. The first-order valence-corrected chi connectivity index (χ1v) is 4.03. The molecule has 54 valence electrons. The Kier molecular flexibility index (Phi) is 7.52. The summed E-state index contributed by atoms with van der Waals surface area (Å²) in [5, 5.41) is 0. The van der Waals surface area contributed by atoms with Crippen molar-refractivity contribution in [3.8, 4) is 0 Å². The van der Waals surface area contributed by atoms with Gasteiger partial charge in [-0.3, -0.25) is 0 Å². The molecule has 0 aliphatic heterocycles. The third-order valence-electron chi connectivity index (χ3n) is 1.46. The summed E-state index contributed by atoms with van der Waals surface area (Å²) in [5.74, 6) is 0. The van der Waals surface area contributed by atoms with Crippen molar-refractivity contribution in [1.29, 1.82) is 0 Å². The highest BCUT2D eigenvalue weighted by Gasteiger charge is 1.82. The van der Waals surface area contributed by atoms with Gasteiger partial charge in [0.1, 0.15) is 0 Å². The Morgan fingerprint density at radius 1 is 1.11 bits per heavy atom. The maximum absolute atomic E-state index is 2.25. The van der Waals surface area contributed by atoms with E-state index in [-0.39, 0.29) is 0 Å². The van der Waals surface area contributed by atoms with Gasteiger partial charge < -0.3 is 0 Å². The molecule has 0 heterocycles. The van der Waals surface area contributed by atoms with Crippen LogP contribution in [0, 0.1) is 0 Å². The molecule has 0 aliphatic rings. The molecule has 0 bridgehead atoms. The summed E-state index contributed by atoms with van der Waals surface area (Å²) in [7, 11) is 0. The highest BCUT2D eigenvalue weighted by atomic mass is 13.9. The predicted octanol–water partition coefficient (Wildman–Crippen LogP) is 3.53. The molecule has 0 aromatic carbocycles. The van der Waals surface area contributed by atoms with Crippen LogP contribution in [0.25, 0.3) is 0 Å². The van der Waals surface area contributed by atoms with Gasteiger partial charge in [-0.15, -0.1) is 0 Å². The minimum Gasteiger partial charge on any atom is -0.0917 e. The van der Waals surface area contributed by atoms with Gasteiger partial charge in [-0.1, -0.05) is 38.3 Å². The van der Waals surface area contributed by atoms with Crippen molar-refractivity contribution in [1.82, 2.24) is 0 Å². The molecule has 0 N–H and O–H groups in total. The second-order valence-electron chi connectivity index (χ2n) is 2.42. The van der Waals surface area contributed by atoms with Gasteiger partial charge in [0.25, 0.3) is 0 Å². The predicted molar refractivity (Wildman–Crippen MR) is 43.6 cm³/mol. The number of hydrogen-bond donors (Lipinski definition) is 0. The van der Waals surface area contributed by atoms with Gasteiger partial charge in [-0.05, 0) is 19.8 Å². The van der Waals surface area contributed by atoms with E-state index >= 15 is 0 Å². The average molecular weight is 126 g/mol. The molecule has 0 saturated carbocycles. The van der Waals surface area contributed by atoms with E-state index in [0.29, 0.717) is 0 Å². The van der Waals surface area contributed by atoms with Crippen LogP contribution in [0.2, 0.25) is 0 Å². The number of allylic oxidation sites excluding steroid dienone is 2. The average Bonchev–Trinajstić information content (AvgIpc) is 1.89. The number of unbranched alkanes of at least 4 members (excludes halogenated alkanes) is 4. The third kappa shape index (κ3) is 7.74. The van der Waals surface area contributed by atoms with Crippen molar-refractivity contribution in [2.75, 3.05) is 0 Å². The van der Waals surface area contributed by atoms with Crippen molar-refractivity contribution in [3.05, 3.63) is 12.2 Å². The van der Waals surface area contributed by atoms with Crippen LogP contribution in [0.3, 0.4) is 0 Å². The van der Waals surface area contributed by atoms with Gasteiger partial charge >= 0.3 is 0 Å². The van der Waals surface area contributed by atoms with Crippen LogP contribution in [0.15, 0.2) is 12.2 Å². The first-order valence-electron chi connectivity index (χ1n) is 4.03. The molecule has 0 amide bonds. The van der Waals surface area contributed by atoms with Crippen molar-refractivity contribution >= 4 is 0 Å². The second kappa shape index (κ2) is 7.74. The summed E-state index contributed by atoms with van der Waals surface area (Å²) in [5.41, 5.74) is 0. The lowest BCUT2D eigenvalue weighted by molar-refractivity contribution is 0.674. The van der Waals surface area contributed by atoms with Gasteiger partial charge in [-0.25, -0.2) is 0 Å². The maximum atomic E-state index is 2.25. The fourth-order valence-electron chi connectivity index (χ4n) is 0.856. The Labute approximate surface area is 59.0 Å². The van der Waals surface area contributed by atoms with Crippen molar-refractivity contribution in [2.45, 2.75) is 46.0 Å². The van der Waals surface area contributed by atoms with Crippen LogP contribution < -0.4 is 0 Å². The van der Waals surface area contributed by atoms with Crippen molar-refractivity contribution in [3.63, 3.8) is 0 Å².